The summed E-state index contributed by atoms with van der Waals surface area (Å²) in [6, 6.07) is 5.64. The minimum absolute atomic E-state index is 0.0129. The van der Waals surface area contributed by atoms with Crippen molar-refractivity contribution < 1.29 is 17.4 Å². The lowest BCUT2D eigenvalue weighted by molar-refractivity contribution is -0.138. The Bertz CT molecular complexity index is 1380. The lowest BCUT2D eigenvalue weighted by Crippen LogP contribution is -2.26. The van der Waals surface area contributed by atoms with Crippen LogP contribution in [0.3, 0.4) is 0 Å². The molecule has 1 unspecified atom stereocenters. The maximum atomic E-state index is 14.1. The molecule has 1 aromatic heterocycles. The molecule has 2 aromatic carbocycles. The number of nitrogens with two attached hydrogens (primary N) is 1. The molecule has 1 fully saturated rings. The molecule has 6 nitrogen and oxygen atoms in total. The zero-order valence-electron chi connectivity index (χ0n) is 19.4. The number of alkyl halides is 3. The fourth-order valence-electron chi connectivity index (χ4n) is 4.53. The van der Waals surface area contributed by atoms with Gasteiger partial charge in [-0.25, -0.2) is 4.98 Å². The molecule has 0 aliphatic carbocycles. The molecule has 0 amide bonds. The normalized spacial score (nSPS) is 17.7. The van der Waals surface area contributed by atoms with E-state index in [4.69, 9.17) is 28.9 Å². The quantitative estimate of drug-likeness (QED) is 0.453. The Labute approximate surface area is 218 Å². The van der Waals surface area contributed by atoms with Gasteiger partial charge < -0.3 is 5.73 Å². The Hall–Kier alpha value is -1.98. The van der Waals surface area contributed by atoms with Crippen molar-refractivity contribution in [3.8, 4) is 0 Å². The van der Waals surface area contributed by atoms with Crippen LogP contribution in [-0.2, 0) is 30.1 Å². The van der Waals surface area contributed by atoms with E-state index in [9.17, 15) is 22.2 Å². The molecule has 0 spiro atoms. The summed E-state index contributed by atoms with van der Waals surface area (Å²) in [6.45, 7) is 3.35. The van der Waals surface area contributed by atoms with Crippen molar-refractivity contribution >= 4 is 44.9 Å². The van der Waals surface area contributed by atoms with Gasteiger partial charge in [0, 0.05) is 28.8 Å². The second-order valence-electron chi connectivity index (χ2n) is 8.80. The van der Waals surface area contributed by atoms with Crippen molar-refractivity contribution in [1.82, 2.24) is 14.5 Å². The van der Waals surface area contributed by atoms with E-state index in [0.29, 0.717) is 40.9 Å². The average Bonchev–Trinajstić information content (AvgIpc) is 3.29. The molecule has 194 valence electrons. The van der Waals surface area contributed by atoms with E-state index in [2.05, 4.69) is 4.98 Å². The first-order valence-electron chi connectivity index (χ1n) is 11.4. The van der Waals surface area contributed by atoms with Crippen molar-refractivity contribution in [3.05, 3.63) is 67.7 Å². The number of aromatic nitrogens is 2. The van der Waals surface area contributed by atoms with Crippen molar-refractivity contribution in [2.45, 2.75) is 37.5 Å². The van der Waals surface area contributed by atoms with Gasteiger partial charge in [0.15, 0.2) is 0 Å². The first kappa shape index (κ1) is 27.1. The van der Waals surface area contributed by atoms with Crippen LogP contribution in [0.25, 0.3) is 10.9 Å². The largest absolute Gasteiger partial charge is 0.416 e. The third kappa shape index (κ3) is 5.47. The van der Waals surface area contributed by atoms with Crippen molar-refractivity contribution in [2.24, 2.45) is 11.7 Å². The lowest BCUT2D eigenvalue weighted by atomic mass is 10.0. The highest BCUT2D eigenvalue weighted by Gasteiger charge is 2.37. The molecule has 0 saturated carbocycles. The summed E-state index contributed by atoms with van der Waals surface area (Å²) in [5, 5.41) is -0.0367. The third-order valence-electron chi connectivity index (χ3n) is 6.42. The monoisotopic (exact) mass is 560 g/mol. The van der Waals surface area contributed by atoms with Crippen molar-refractivity contribution in [2.75, 3.05) is 25.4 Å². The van der Waals surface area contributed by atoms with Crippen LogP contribution < -0.4 is 11.3 Å². The highest BCUT2D eigenvalue weighted by atomic mass is 35.5. The van der Waals surface area contributed by atoms with Crippen LogP contribution in [0.15, 0.2) is 40.3 Å². The fourth-order valence-corrected chi connectivity index (χ4v) is 5.98. The van der Waals surface area contributed by atoms with Gasteiger partial charge in [0.2, 0.25) is 0 Å². The number of nitrogens with zero attached hydrogens (tertiary/aromatic N) is 3. The van der Waals surface area contributed by atoms with Gasteiger partial charge in [-0.05, 0) is 60.8 Å². The van der Waals surface area contributed by atoms with Gasteiger partial charge in [0.1, 0.15) is 0 Å². The third-order valence-corrected chi connectivity index (χ3v) is 8.48. The molecular formula is C24H25Cl2F3N4O2S. The van der Waals surface area contributed by atoms with E-state index in [1.807, 2.05) is 4.90 Å². The Morgan fingerprint density at radius 1 is 1.22 bits per heavy atom. The van der Waals surface area contributed by atoms with E-state index >= 15 is 0 Å². The summed E-state index contributed by atoms with van der Waals surface area (Å²) in [5.74, 6) is 0.581. The van der Waals surface area contributed by atoms with Crippen molar-refractivity contribution in [1.29, 1.82) is 0 Å². The number of likely N-dealkylation sites (tertiary alicyclic amines) is 1. The number of fused-ring (bicyclic) bond motifs is 1. The van der Waals surface area contributed by atoms with Crippen LogP contribution in [-0.4, -0.2) is 44.0 Å². The van der Waals surface area contributed by atoms with Gasteiger partial charge >= 0.3 is 6.18 Å². The van der Waals surface area contributed by atoms with Crippen LogP contribution >= 0.6 is 23.2 Å². The molecule has 3 aromatic rings. The molecule has 1 saturated heterocycles. The first-order chi connectivity index (χ1) is 17.0. The first-order valence-corrected chi connectivity index (χ1v) is 13.5. The maximum Gasteiger partial charge on any atom is 0.416 e. The zero-order chi connectivity index (χ0) is 26.2. The molecule has 0 radical (unpaired) electrons. The Balaban J connectivity index is 1.80. The van der Waals surface area contributed by atoms with Gasteiger partial charge in [-0.15, -0.1) is 0 Å². The standard InChI is InChI=1S/C24H25Cl2F3N4O2S/c1-2-36(35)20-4-3-16(25)7-15(20)11-33-13-31-22-17(23(33)34)8-19(24(27,28)29)18(21(22)26)12-32-6-5-14(9-30)10-32/h3-4,7-8,13-14H,2,5-6,9-12,30H2,1H3/t14-,36?/m0/s1. The highest BCUT2D eigenvalue weighted by molar-refractivity contribution is 7.85. The molecule has 1 aliphatic rings. The molecule has 4 rings (SSSR count). The Morgan fingerprint density at radius 3 is 2.61 bits per heavy atom. The molecule has 0 bridgehead atoms. The summed E-state index contributed by atoms with van der Waals surface area (Å²) >= 11 is 12.6. The molecule has 12 heteroatoms. The SMILES string of the molecule is CCS(=O)c1ccc(Cl)cc1Cn1cnc2c(Cl)c(CN3CC[C@@H](CN)C3)c(C(F)(F)F)cc2c1=O. The molecule has 2 heterocycles. The van der Waals surface area contributed by atoms with E-state index < -0.39 is 28.1 Å². The smallest absolute Gasteiger partial charge is 0.330 e. The zero-order valence-corrected chi connectivity index (χ0v) is 21.8. The number of hydrogen-bond acceptors (Lipinski definition) is 5. The second-order valence-corrected chi connectivity index (χ2v) is 11.3. The van der Waals surface area contributed by atoms with Gasteiger partial charge in [-0.3, -0.25) is 18.5 Å². The van der Waals surface area contributed by atoms with Gasteiger partial charge in [-0.1, -0.05) is 30.1 Å². The molecule has 36 heavy (non-hydrogen) atoms. The molecule has 2 atom stereocenters. The summed E-state index contributed by atoms with van der Waals surface area (Å²) in [7, 11) is -1.32. The number of halogens is 5. The summed E-state index contributed by atoms with van der Waals surface area (Å²) < 4.78 is 55.9. The van der Waals surface area contributed by atoms with E-state index in [1.165, 1.54) is 10.9 Å². The maximum absolute atomic E-state index is 14.1. The summed E-state index contributed by atoms with van der Waals surface area (Å²) in [6.07, 6.45) is -2.67. The topological polar surface area (TPSA) is 81.2 Å². The lowest BCUT2D eigenvalue weighted by Gasteiger charge is -2.21. The van der Waals surface area contributed by atoms with E-state index in [1.54, 1.807) is 25.1 Å². The second kappa shape index (κ2) is 10.8. The average molecular weight is 561 g/mol. The predicted molar refractivity (Wildman–Crippen MR) is 136 cm³/mol. The van der Waals surface area contributed by atoms with Crippen LogP contribution in [0, 0.1) is 5.92 Å². The highest BCUT2D eigenvalue weighted by Crippen LogP contribution is 2.39. The van der Waals surface area contributed by atoms with Crippen LogP contribution in [0.4, 0.5) is 13.2 Å². The summed E-state index contributed by atoms with van der Waals surface area (Å²) in [4.78, 5) is 19.9. The molecule has 1 aliphatic heterocycles. The Kier molecular flexibility index (Phi) is 8.11. The van der Waals surface area contributed by atoms with Crippen molar-refractivity contribution in [3.63, 3.8) is 0 Å². The molecule has 2 N–H and O–H groups in total. The van der Waals surface area contributed by atoms with Crippen LogP contribution in [0.5, 0.6) is 0 Å². The predicted octanol–water partition coefficient (Wildman–Crippen LogP) is 4.68. The number of hydrogen-bond donors (Lipinski definition) is 1. The number of rotatable bonds is 7. The fraction of sp³-hybridized carbons (Fsp3) is 0.417. The number of benzene rings is 2. The van der Waals surface area contributed by atoms with E-state index in [-0.39, 0.29) is 40.5 Å². The van der Waals surface area contributed by atoms with E-state index in [0.717, 1.165) is 12.5 Å². The minimum Gasteiger partial charge on any atom is -0.330 e. The van der Waals surface area contributed by atoms with Crippen LogP contribution in [0.1, 0.15) is 30.0 Å². The van der Waals surface area contributed by atoms with Crippen LogP contribution in [0.2, 0.25) is 10.0 Å². The van der Waals surface area contributed by atoms with Gasteiger partial charge in [0.25, 0.3) is 5.56 Å². The Morgan fingerprint density at radius 2 is 1.97 bits per heavy atom. The van der Waals surface area contributed by atoms with Gasteiger partial charge in [-0.2, -0.15) is 13.2 Å². The van der Waals surface area contributed by atoms with Gasteiger partial charge in [0.05, 0.1) is 45.2 Å². The minimum atomic E-state index is -4.72. The summed E-state index contributed by atoms with van der Waals surface area (Å²) in [5.41, 5.74) is 4.51. The molecular weight excluding hydrogens is 536 g/mol.